The highest BCUT2D eigenvalue weighted by molar-refractivity contribution is 9.10. The van der Waals surface area contributed by atoms with Crippen molar-refractivity contribution in [2.75, 3.05) is 33.7 Å². The molecular formula is C12H20BrN3O3S. The van der Waals surface area contributed by atoms with Gasteiger partial charge >= 0.3 is 0 Å². The van der Waals surface area contributed by atoms with Gasteiger partial charge in [-0.25, -0.2) is 13.1 Å². The van der Waals surface area contributed by atoms with Crippen molar-refractivity contribution >= 4 is 26.0 Å². The first-order chi connectivity index (χ1) is 9.42. The summed E-state index contributed by atoms with van der Waals surface area (Å²) in [6, 6.07) is 1.55. The van der Waals surface area contributed by atoms with E-state index in [0.29, 0.717) is 24.8 Å². The van der Waals surface area contributed by atoms with E-state index in [4.69, 9.17) is 4.42 Å². The molecule has 6 nitrogen and oxygen atoms in total. The third-order valence-corrected chi connectivity index (χ3v) is 5.68. The van der Waals surface area contributed by atoms with Gasteiger partial charge in [-0.05, 0) is 48.9 Å². The largest absolute Gasteiger partial charge is 0.452 e. The second-order valence-corrected chi connectivity index (χ2v) is 7.61. The van der Waals surface area contributed by atoms with E-state index in [0.717, 1.165) is 19.5 Å². The number of rotatable bonds is 6. The van der Waals surface area contributed by atoms with Crippen LogP contribution in [0.15, 0.2) is 20.0 Å². The van der Waals surface area contributed by atoms with E-state index >= 15 is 0 Å². The lowest BCUT2D eigenvalue weighted by Gasteiger charge is -2.11. The first-order valence-corrected chi connectivity index (χ1v) is 8.81. The van der Waals surface area contributed by atoms with Crippen LogP contribution in [0.2, 0.25) is 0 Å². The number of likely N-dealkylation sites (tertiary alicyclic amines) is 1. The maximum absolute atomic E-state index is 12.3. The van der Waals surface area contributed by atoms with Crippen LogP contribution in [0.25, 0.3) is 0 Å². The summed E-state index contributed by atoms with van der Waals surface area (Å²) in [5.74, 6) is 0.956. The lowest BCUT2D eigenvalue weighted by Crippen LogP contribution is -2.30. The summed E-state index contributed by atoms with van der Waals surface area (Å²) in [5.41, 5.74) is 0. The van der Waals surface area contributed by atoms with E-state index in [1.807, 2.05) is 7.05 Å². The molecule has 0 saturated carbocycles. The standard InChI is InChI=1S/C12H20BrN3O3S/c1-14-7-10-5-11(12(13)19-10)20(17,18)15-6-9-3-4-16(2)8-9/h5,9,14-15H,3-4,6-8H2,1-2H3. The van der Waals surface area contributed by atoms with Crippen molar-refractivity contribution in [3.8, 4) is 0 Å². The fraction of sp³-hybridized carbons (Fsp3) is 0.667. The molecule has 20 heavy (non-hydrogen) atoms. The van der Waals surface area contributed by atoms with Gasteiger partial charge in [-0.2, -0.15) is 0 Å². The number of sulfonamides is 1. The number of furan rings is 1. The van der Waals surface area contributed by atoms with Crippen LogP contribution < -0.4 is 10.0 Å². The first-order valence-electron chi connectivity index (χ1n) is 6.53. The molecule has 0 aromatic carbocycles. The molecule has 1 unspecified atom stereocenters. The molecular weight excluding hydrogens is 346 g/mol. The zero-order chi connectivity index (χ0) is 14.8. The molecule has 2 N–H and O–H groups in total. The van der Waals surface area contributed by atoms with Gasteiger partial charge in [-0.1, -0.05) is 0 Å². The predicted octanol–water partition coefficient (Wildman–Crippen LogP) is 0.991. The first kappa shape index (κ1) is 16.0. The third kappa shape index (κ3) is 3.82. The SMILES string of the molecule is CNCc1cc(S(=O)(=O)NCC2CCN(C)C2)c(Br)o1. The summed E-state index contributed by atoms with van der Waals surface area (Å²) in [5, 5.41) is 2.92. The molecule has 1 fully saturated rings. The van der Waals surface area contributed by atoms with E-state index in [1.165, 1.54) is 0 Å². The minimum atomic E-state index is -3.53. The molecule has 1 atom stereocenters. The maximum atomic E-state index is 12.3. The van der Waals surface area contributed by atoms with Crippen LogP contribution in [0.5, 0.6) is 0 Å². The van der Waals surface area contributed by atoms with Gasteiger partial charge < -0.3 is 14.6 Å². The Morgan fingerprint density at radius 1 is 1.55 bits per heavy atom. The van der Waals surface area contributed by atoms with Crippen LogP contribution in [0.4, 0.5) is 0 Å². The topological polar surface area (TPSA) is 74.6 Å². The number of hydrogen-bond acceptors (Lipinski definition) is 5. The van der Waals surface area contributed by atoms with Gasteiger partial charge in [-0.3, -0.25) is 0 Å². The highest BCUT2D eigenvalue weighted by Gasteiger charge is 2.25. The lowest BCUT2D eigenvalue weighted by atomic mass is 10.1. The quantitative estimate of drug-likeness (QED) is 0.786. The Morgan fingerprint density at radius 3 is 2.90 bits per heavy atom. The van der Waals surface area contributed by atoms with Crippen LogP contribution >= 0.6 is 15.9 Å². The smallest absolute Gasteiger partial charge is 0.244 e. The highest BCUT2D eigenvalue weighted by Crippen LogP contribution is 2.26. The Kier molecular flexibility index (Phi) is 5.25. The molecule has 0 amide bonds. The summed E-state index contributed by atoms with van der Waals surface area (Å²) in [6.45, 7) is 2.90. The molecule has 114 valence electrons. The molecule has 1 aromatic rings. The Hall–Kier alpha value is -0.410. The number of nitrogens with one attached hydrogen (secondary N) is 2. The Balaban J connectivity index is 2.02. The van der Waals surface area contributed by atoms with Crippen molar-refractivity contribution in [1.82, 2.24) is 14.9 Å². The molecule has 0 radical (unpaired) electrons. The molecule has 2 heterocycles. The van der Waals surface area contributed by atoms with Gasteiger partial charge in [0.15, 0.2) is 4.67 Å². The second kappa shape index (κ2) is 6.57. The van der Waals surface area contributed by atoms with Crippen molar-refractivity contribution < 1.29 is 12.8 Å². The number of halogens is 1. The number of nitrogens with zero attached hydrogens (tertiary/aromatic N) is 1. The van der Waals surface area contributed by atoms with Crippen molar-refractivity contribution in [3.63, 3.8) is 0 Å². The van der Waals surface area contributed by atoms with E-state index in [9.17, 15) is 8.42 Å². The lowest BCUT2D eigenvalue weighted by molar-refractivity contribution is 0.394. The fourth-order valence-corrected chi connectivity index (χ4v) is 4.45. The van der Waals surface area contributed by atoms with Gasteiger partial charge in [0.05, 0.1) is 6.54 Å². The summed E-state index contributed by atoms with van der Waals surface area (Å²) < 4.78 is 32.8. The highest BCUT2D eigenvalue weighted by atomic mass is 79.9. The molecule has 1 aliphatic rings. The molecule has 0 bridgehead atoms. The van der Waals surface area contributed by atoms with Crippen LogP contribution in [0.1, 0.15) is 12.2 Å². The maximum Gasteiger partial charge on any atom is 0.244 e. The molecule has 8 heteroatoms. The molecule has 1 saturated heterocycles. The van der Waals surface area contributed by atoms with Gasteiger partial charge in [0.25, 0.3) is 0 Å². The van der Waals surface area contributed by atoms with Gasteiger partial charge in [0, 0.05) is 19.2 Å². The van der Waals surface area contributed by atoms with Crippen LogP contribution in [-0.2, 0) is 16.6 Å². The second-order valence-electron chi connectivity index (χ2n) is 5.15. The average Bonchev–Trinajstić information content (AvgIpc) is 2.94. The summed E-state index contributed by atoms with van der Waals surface area (Å²) in [7, 11) is 0.294. The minimum absolute atomic E-state index is 0.161. The van der Waals surface area contributed by atoms with Crippen molar-refractivity contribution in [1.29, 1.82) is 0 Å². The molecule has 0 spiro atoms. The number of hydrogen-bond donors (Lipinski definition) is 2. The van der Waals surface area contributed by atoms with Crippen LogP contribution in [0, 0.1) is 5.92 Å². The summed E-state index contributed by atoms with van der Waals surface area (Å²) in [4.78, 5) is 2.37. The summed E-state index contributed by atoms with van der Waals surface area (Å²) >= 11 is 3.16. The Morgan fingerprint density at radius 2 is 2.30 bits per heavy atom. The Labute approximate surface area is 128 Å². The minimum Gasteiger partial charge on any atom is -0.452 e. The van der Waals surface area contributed by atoms with Crippen molar-refractivity contribution in [3.05, 3.63) is 16.5 Å². The summed E-state index contributed by atoms with van der Waals surface area (Å²) in [6.07, 6.45) is 1.02. The average molecular weight is 366 g/mol. The molecule has 0 aliphatic carbocycles. The fourth-order valence-electron chi connectivity index (χ4n) is 2.34. The van der Waals surface area contributed by atoms with Crippen LogP contribution in [0.3, 0.4) is 0 Å². The van der Waals surface area contributed by atoms with Crippen LogP contribution in [-0.4, -0.2) is 47.0 Å². The molecule has 1 aromatic heterocycles. The monoisotopic (exact) mass is 365 g/mol. The van der Waals surface area contributed by atoms with Crippen molar-refractivity contribution in [2.45, 2.75) is 17.9 Å². The molecule has 1 aliphatic heterocycles. The van der Waals surface area contributed by atoms with E-state index in [1.54, 1.807) is 13.1 Å². The van der Waals surface area contributed by atoms with Gasteiger partial charge in [-0.15, -0.1) is 0 Å². The normalized spacial score (nSPS) is 20.6. The molecule has 2 rings (SSSR count). The van der Waals surface area contributed by atoms with Crippen molar-refractivity contribution in [2.24, 2.45) is 5.92 Å². The Bertz CT molecular complexity index is 558. The van der Waals surface area contributed by atoms with E-state index in [2.05, 4.69) is 30.9 Å². The van der Waals surface area contributed by atoms with E-state index < -0.39 is 10.0 Å². The van der Waals surface area contributed by atoms with Gasteiger partial charge in [0.1, 0.15) is 10.7 Å². The predicted molar refractivity (Wildman–Crippen MR) is 80.0 cm³/mol. The zero-order valence-electron chi connectivity index (χ0n) is 11.6. The zero-order valence-corrected chi connectivity index (χ0v) is 14.1. The third-order valence-electron chi connectivity index (χ3n) is 3.40. The van der Waals surface area contributed by atoms with Gasteiger partial charge in [0.2, 0.25) is 10.0 Å². The van der Waals surface area contributed by atoms with E-state index in [-0.39, 0.29) is 9.56 Å².